The number of carbonyl (C=O) groups is 1. The second kappa shape index (κ2) is 4.06. The number of rotatable bonds is 4. The molecule has 1 spiro atoms. The van der Waals surface area contributed by atoms with Gasteiger partial charge in [0.2, 0.25) is 5.91 Å². The lowest BCUT2D eigenvalue weighted by Gasteiger charge is -2.30. The Bertz CT molecular complexity index is 490. The second-order valence-electron chi connectivity index (χ2n) is 6.38. The maximum Gasteiger partial charge on any atom is 0.244 e. The zero-order chi connectivity index (χ0) is 13.0. The Balaban J connectivity index is 1.61. The van der Waals surface area contributed by atoms with Crippen LogP contribution in [0.25, 0.3) is 0 Å². The third kappa shape index (κ3) is 1.93. The molecule has 3 fully saturated rings. The molecule has 0 bridgehead atoms. The van der Waals surface area contributed by atoms with E-state index in [2.05, 4.69) is 34.7 Å². The summed E-state index contributed by atoms with van der Waals surface area (Å²) in [7, 11) is 0. The van der Waals surface area contributed by atoms with Gasteiger partial charge in [0.15, 0.2) is 0 Å². The van der Waals surface area contributed by atoms with Gasteiger partial charge in [-0.2, -0.15) is 0 Å². The van der Waals surface area contributed by atoms with Gasteiger partial charge in [-0.15, -0.1) is 11.3 Å². The van der Waals surface area contributed by atoms with Gasteiger partial charge in [-0.25, -0.2) is 0 Å². The van der Waals surface area contributed by atoms with E-state index >= 15 is 0 Å². The molecule has 102 valence electrons. The molecule has 0 radical (unpaired) electrons. The average Bonchev–Trinajstić information content (AvgIpc) is 3.27. The first-order valence-corrected chi connectivity index (χ1v) is 8.21. The van der Waals surface area contributed by atoms with Crippen LogP contribution in [0.15, 0.2) is 17.5 Å². The van der Waals surface area contributed by atoms with Crippen LogP contribution in [-0.2, 0) is 4.79 Å². The minimum Gasteiger partial charge on any atom is -0.318 e. The van der Waals surface area contributed by atoms with E-state index in [-0.39, 0.29) is 11.7 Å². The number of hydrogen-bond donors (Lipinski definition) is 1. The molecule has 0 aromatic carbocycles. The Labute approximate surface area is 118 Å². The largest absolute Gasteiger partial charge is 0.318 e. The number of carbonyl (C=O) groups excluding carboxylic acids is 1. The van der Waals surface area contributed by atoms with E-state index in [0.717, 1.165) is 18.8 Å². The van der Waals surface area contributed by atoms with E-state index in [1.807, 2.05) is 0 Å². The lowest BCUT2D eigenvalue weighted by atomic mass is 10.1. The lowest BCUT2D eigenvalue weighted by Crippen LogP contribution is -2.39. The topological polar surface area (TPSA) is 32.3 Å². The van der Waals surface area contributed by atoms with Crippen molar-refractivity contribution in [2.75, 3.05) is 0 Å². The molecule has 4 heteroatoms. The molecular weight excluding hydrogens is 256 g/mol. The highest BCUT2D eigenvalue weighted by atomic mass is 32.1. The molecule has 2 aliphatic carbocycles. The number of nitrogens with zero attached hydrogens (tertiary/aromatic N) is 1. The molecule has 2 saturated carbocycles. The quantitative estimate of drug-likeness (QED) is 0.917. The molecule has 1 N–H and O–H groups in total. The van der Waals surface area contributed by atoms with Crippen molar-refractivity contribution in [3.05, 3.63) is 22.4 Å². The molecule has 4 rings (SSSR count). The number of nitrogens with one attached hydrogen (secondary N) is 1. The van der Waals surface area contributed by atoms with Gasteiger partial charge in [-0.1, -0.05) is 18.9 Å². The van der Waals surface area contributed by atoms with E-state index in [1.54, 1.807) is 11.3 Å². The molecular formula is C15H20N2OS. The van der Waals surface area contributed by atoms with Crippen molar-refractivity contribution < 1.29 is 4.79 Å². The van der Waals surface area contributed by atoms with Crippen LogP contribution < -0.4 is 5.32 Å². The SMILES string of the molecule is CC(CC1CC1)N1C(=O)C2(CC2)NC1c1cccs1. The second-order valence-corrected chi connectivity index (χ2v) is 7.36. The van der Waals surface area contributed by atoms with Crippen molar-refractivity contribution in [2.24, 2.45) is 5.92 Å². The predicted octanol–water partition coefficient (Wildman–Crippen LogP) is 2.90. The molecule has 1 amide bonds. The minimum atomic E-state index is -0.202. The highest BCUT2D eigenvalue weighted by Gasteiger charge is 2.60. The summed E-state index contributed by atoms with van der Waals surface area (Å²) in [6, 6.07) is 4.58. The van der Waals surface area contributed by atoms with Gasteiger partial charge in [0.1, 0.15) is 11.7 Å². The van der Waals surface area contributed by atoms with Crippen LogP contribution in [-0.4, -0.2) is 22.4 Å². The van der Waals surface area contributed by atoms with Gasteiger partial charge in [-0.05, 0) is 43.6 Å². The van der Waals surface area contributed by atoms with Crippen LogP contribution >= 0.6 is 11.3 Å². The highest BCUT2D eigenvalue weighted by Crippen LogP contribution is 2.48. The summed E-state index contributed by atoms with van der Waals surface area (Å²) in [5.74, 6) is 1.21. The van der Waals surface area contributed by atoms with Crippen LogP contribution in [0.3, 0.4) is 0 Å². The molecule has 2 unspecified atom stereocenters. The van der Waals surface area contributed by atoms with E-state index in [9.17, 15) is 4.79 Å². The Morgan fingerprint density at radius 2 is 2.32 bits per heavy atom. The van der Waals surface area contributed by atoms with Crippen molar-refractivity contribution in [3.8, 4) is 0 Å². The number of amides is 1. The van der Waals surface area contributed by atoms with Crippen LogP contribution in [0.2, 0.25) is 0 Å². The predicted molar refractivity (Wildman–Crippen MR) is 75.8 cm³/mol. The molecule has 19 heavy (non-hydrogen) atoms. The molecule has 3 aliphatic rings. The van der Waals surface area contributed by atoms with E-state index in [0.29, 0.717) is 11.9 Å². The Morgan fingerprint density at radius 1 is 1.53 bits per heavy atom. The van der Waals surface area contributed by atoms with Gasteiger partial charge in [0, 0.05) is 10.9 Å². The molecule has 1 saturated heterocycles. The molecule has 2 heterocycles. The fourth-order valence-electron chi connectivity index (χ4n) is 3.30. The Hall–Kier alpha value is -0.870. The summed E-state index contributed by atoms with van der Waals surface area (Å²) in [4.78, 5) is 16.1. The smallest absolute Gasteiger partial charge is 0.244 e. The first-order chi connectivity index (χ1) is 9.20. The van der Waals surface area contributed by atoms with Gasteiger partial charge in [0.25, 0.3) is 0 Å². The lowest BCUT2D eigenvalue weighted by molar-refractivity contribution is -0.132. The zero-order valence-electron chi connectivity index (χ0n) is 11.3. The van der Waals surface area contributed by atoms with Crippen LogP contribution in [0.1, 0.15) is 50.1 Å². The summed E-state index contributed by atoms with van der Waals surface area (Å²) >= 11 is 1.75. The Kier molecular flexibility index (Phi) is 2.55. The summed E-state index contributed by atoms with van der Waals surface area (Å²) in [5, 5.41) is 5.71. The van der Waals surface area contributed by atoms with Gasteiger partial charge in [-0.3, -0.25) is 10.1 Å². The minimum absolute atomic E-state index is 0.115. The first kappa shape index (κ1) is 11.9. The average molecular weight is 276 g/mol. The van der Waals surface area contributed by atoms with E-state index in [1.165, 1.54) is 24.1 Å². The van der Waals surface area contributed by atoms with Crippen LogP contribution in [0.4, 0.5) is 0 Å². The summed E-state index contributed by atoms with van der Waals surface area (Å²) in [6.07, 6.45) is 6.03. The van der Waals surface area contributed by atoms with E-state index in [4.69, 9.17) is 0 Å². The van der Waals surface area contributed by atoms with Gasteiger partial charge < -0.3 is 4.90 Å². The maximum absolute atomic E-state index is 12.7. The van der Waals surface area contributed by atoms with Crippen LogP contribution in [0, 0.1) is 5.92 Å². The van der Waals surface area contributed by atoms with Crippen molar-refractivity contribution >= 4 is 17.2 Å². The summed E-state index contributed by atoms with van der Waals surface area (Å²) < 4.78 is 0. The van der Waals surface area contributed by atoms with Gasteiger partial charge >= 0.3 is 0 Å². The first-order valence-electron chi connectivity index (χ1n) is 7.33. The van der Waals surface area contributed by atoms with Crippen molar-refractivity contribution in [3.63, 3.8) is 0 Å². The third-order valence-electron chi connectivity index (χ3n) is 4.74. The zero-order valence-corrected chi connectivity index (χ0v) is 12.1. The fourth-order valence-corrected chi connectivity index (χ4v) is 4.07. The third-order valence-corrected chi connectivity index (χ3v) is 5.67. The number of thiophene rings is 1. The monoisotopic (exact) mass is 276 g/mol. The standard InChI is InChI=1S/C15H20N2OS/c1-10(9-11-4-5-11)17-13(12-3-2-8-19-12)16-15(6-7-15)14(17)18/h2-3,8,10-11,13,16H,4-7,9H2,1H3. The molecule has 1 aromatic heterocycles. The normalized spacial score (nSPS) is 30.1. The van der Waals surface area contributed by atoms with Crippen molar-refractivity contribution in [1.29, 1.82) is 0 Å². The molecule has 2 atom stereocenters. The molecule has 1 aliphatic heterocycles. The summed E-state index contributed by atoms with van der Waals surface area (Å²) in [5.41, 5.74) is -0.202. The molecule has 1 aromatic rings. The number of hydrogen-bond acceptors (Lipinski definition) is 3. The van der Waals surface area contributed by atoms with Crippen LogP contribution in [0.5, 0.6) is 0 Å². The fraction of sp³-hybridized carbons (Fsp3) is 0.667. The van der Waals surface area contributed by atoms with Crippen molar-refractivity contribution in [2.45, 2.75) is 56.8 Å². The summed E-state index contributed by atoms with van der Waals surface area (Å²) in [6.45, 7) is 2.22. The van der Waals surface area contributed by atoms with Gasteiger partial charge in [0.05, 0.1) is 0 Å². The van der Waals surface area contributed by atoms with E-state index < -0.39 is 0 Å². The van der Waals surface area contributed by atoms with Crippen molar-refractivity contribution in [1.82, 2.24) is 10.2 Å². The molecule has 3 nitrogen and oxygen atoms in total. The highest BCUT2D eigenvalue weighted by molar-refractivity contribution is 7.10. The maximum atomic E-state index is 12.7. The Morgan fingerprint density at radius 3 is 2.89 bits per heavy atom.